The van der Waals surface area contributed by atoms with Crippen LogP contribution in [0.3, 0.4) is 0 Å². The number of amides is 1. The quantitative estimate of drug-likeness (QED) is 0.648. The van der Waals surface area contributed by atoms with Crippen molar-refractivity contribution in [1.82, 2.24) is 24.8 Å². The Labute approximate surface area is 192 Å². The van der Waals surface area contributed by atoms with Crippen LogP contribution in [-0.4, -0.2) is 57.4 Å². The van der Waals surface area contributed by atoms with Crippen molar-refractivity contribution in [1.29, 1.82) is 0 Å². The van der Waals surface area contributed by atoms with Gasteiger partial charge in [0.05, 0.1) is 18.4 Å². The van der Waals surface area contributed by atoms with Crippen LogP contribution in [0.4, 0.5) is 0 Å². The van der Waals surface area contributed by atoms with Crippen molar-refractivity contribution in [2.75, 3.05) is 26.7 Å². The van der Waals surface area contributed by atoms with Crippen LogP contribution in [0.1, 0.15) is 45.5 Å². The van der Waals surface area contributed by atoms with Crippen molar-refractivity contribution in [2.24, 2.45) is 0 Å². The first-order valence-corrected chi connectivity index (χ1v) is 11.3. The second-order valence-corrected chi connectivity index (χ2v) is 8.60. The smallest absolute Gasteiger partial charge is 0.272 e. The number of carbonyl (C=O) groups is 1. The van der Waals surface area contributed by atoms with Gasteiger partial charge in [0.1, 0.15) is 17.3 Å². The third-order valence-corrected chi connectivity index (χ3v) is 6.50. The number of nitrogens with one attached hydrogen (secondary N) is 1. The lowest BCUT2D eigenvalue weighted by Crippen LogP contribution is -2.36. The summed E-state index contributed by atoms with van der Waals surface area (Å²) in [6.45, 7) is 3.28. The summed E-state index contributed by atoms with van der Waals surface area (Å²) in [6.07, 6.45) is 3.13. The molecule has 170 valence electrons. The van der Waals surface area contributed by atoms with E-state index in [0.29, 0.717) is 31.2 Å². The number of nitrogens with zero attached hydrogens (tertiary/aromatic N) is 4. The molecule has 1 N–H and O–H groups in total. The summed E-state index contributed by atoms with van der Waals surface area (Å²) < 4.78 is 5.47. The van der Waals surface area contributed by atoms with E-state index in [9.17, 15) is 9.59 Å². The number of carbonyl (C=O) groups excluding carboxylic acids is 1. The number of fused-ring (bicyclic) bond motifs is 1. The van der Waals surface area contributed by atoms with E-state index < -0.39 is 0 Å². The third-order valence-electron chi connectivity index (χ3n) is 6.50. The average molecular weight is 446 g/mol. The number of ether oxygens (including phenoxy) is 1. The van der Waals surface area contributed by atoms with Gasteiger partial charge in [-0.1, -0.05) is 24.3 Å². The van der Waals surface area contributed by atoms with E-state index in [1.54, 1.807) is 30.3 Å². The van der Waals surface area contributed by atoms with Gasteiger partial charge in [0.25, 0.3) is 11.5 Å². The summed E-state index contributed by atoms with van der Waals surface area (Å²) in [5.41, 5.74) is 3.08. The summed E-state index contributed by atoms with van der Waals surface area (Å²) in [6, 6.07) is 13.3. The van der Waals surface area contributed by atoms with Crippen molar-refractivity contribution in [3.05, 3.63) is 87.4 Å². The lowest BCUT2D eigenvalue weighted by Gasteiger charge is -2.28. The van der Waals surface area contributed by atoms with Crippen LogP contribution in [0.2, 0.25) is 0 Å². The zero-order chi connectivity index (χ0) is 22.8. The number of hydrogen-bond donors (Lipinski definition) is 1. The molecule has 2 aliphatic rings. The molecule has 2 aromatic heterocycles. The molecule has 0 spiro atoms. The fourth-order valence-electron chi connectivity index (χ4n) is 4.72. The van der Waals surface area contributed by atoms with Crippen LogP contribution in [0.5, 0.6) is 5.75 Å². The van der Waals surface area contributed by atoms with E-state index in [2.05, 4.69) is 20.9 Å². The zero-order valence-electron chi connectivity index (χ0n) is 18.7. The first-order valence-electron chi connectivity index (χ1n) is 11.3. The summed E-state index contributed by atoms with van der Waals surface area (Å²) in [4.78, 5) is 41.7. The minimum absolute atomic E-state index is 0.0299. The van der Waals surface area contributed by atoms with Crippen LogP contribution < -0.4 is 10.3 Å². The first kappa shape index (κ1) is 21.3. The highest BCUT2D eigenvalue weighted by molar-refractivity contribution is 5.92. The molecule has 1 aromatic carbocycles. The number of H-pyrrole nitrogens is 1. The maximum Gasteiger partial charge on any atom is 0.272 e. The van der Waals surface area contributed by atoms with E-state index in [4.69, 9.17) is 9.72 Å². The second-order valence-electron chi connectivity index (χ2n) is 8.60. The largest absolute Gasteiger partial charge is 0.496 e. The van der Waals surface area contributed by atoms with Crippen molar-refractivity contribution in [3.63, 3.8) is 0 Å². The SMILES string of the molecule is COc1ccccc1CN1CCc2nc([C@@H]3CCN(C(=O)c4ccccn4)C3)[nH]c(=O)c2C1. The minimum Gasteiger partial charge on any atom is -0.496 e. The molecule has 8 heteroatoms. The van der Waals surface area contributed by atoms with Crippen LogP contribution in [0, 0.1) is 0 Å². The van der Waals surface area contributed by atoms with Crippen LogP contribution in [-0.2, 0) is 19.5 Å². The van der Waals surface area contributed by atoms with Gasteiger partial charge in [0.2, 0.25) is 0 Å². The fraction of sp³-hybridized carbons (Fsp3) is 0.360. The normalized spacial score (nSPS) is 18.2. The van der Waals surface area contributed by atoms with Crippen molar-refractivity contribution < 1.29 is 9.53 Å². The fourth-order valence-corrected chi connectivity index (χ4v) is 4.72. The Morgan fingerprint density at radius 3 is 2.85 bits per heavy atom. The zero-order valence-corrected chi connectivity index (χ0v) is 18.7. The van der Waals surface area contributed by atoms with Gasteiger partial charge in [-0.2, -0.15) is 0 Å². The number of pyridine rings is 1. The Balaban J connectivity index is 1.29. The predicted octanol–water partition coefficient (Wildman–Crippen LogP) is 2.36. The number of likely N-dealkylation sites (tertiary alicyclic amines) is 1. The number of aromatic nitrogens is 3. The number of aromatic amines is 1. The van der Waals surface area contributed by atoms with Crippen molar-refractivity contribution in [2.45, 2.75) is 31.8 Å². The van der Waals surface area contributed by atoms with Crippen molar-refractivity contribution >= 4 is 5.91 Å². The van der Waals surface area contributed by atoms with Gasteiger partial charge in [-0.3, -0.25) is 19.5 Å². The molecule has 1 atom stereocenters. The maximum absolute atomic E-state index is 13.0. The Hall–Kier alpha value is -3.52. The van der Waals surface area contributed by atoms with E-state index in [-0.39, 0.29) is 17.4 Å². The standard InChI is InChI=1S/C25H27N5O3/c1-33-22-8-3-2-6-17(22)14-29-12-10-20-19(16-29)24(31)28-23(27-20)18-9-13-30(15-18)25(32)21-7-4-5-11-26-21/h2-8,11,18H,9-10,12-16H2,1H3,(H,27,28,31)/t18-/m1/s1. The highest BCUT2D eigenvalue weighted by Gasteiger charge is 2.31. The number of methoxy groups -OCH3 is 1. The Morgan fingerprint density at radius 2 is 2.03 bits per heavy atom. The van der Waals surface area contributed by atoms with Gasteiger partial charge < -0.3 is 14.6 Å². The van der Waals surface area contributed by atoms with Gasteiger partial charge in [0, 0.05) is 56.8 Å². The lowest BCUT2D eigenvalue weighted by atomic mass is 10.0. The van der Waals surface area contributed by atoms with Gasteiger partial charge in [-0.15, -0.1) is 0 Å². The third kappa shape index (κ3) is 4.39. The molecule has 5 rings (SSSR count). The number of hydrogen-bond acceptors (Lipinski definition) is 6. The number of rotatable bonds is 5. The van der Waals surface area contributed by atoms with E-state index in [1.807, 2.05) is 24.3 Å². The molecule has 2 aliphatic heterocycles. The maximum atomic E-state index is 13.0. The molecule has 3 aromatic rings. The average Bonchev–Trinajstić information content (AvgIpc) is 3.35. The van der Waals surface area contributed by atoms with Gasteiger partial charge in [-0.05, 0) is 24.6 Å². The van der Waals surface area contributed by atoms with E-state index in [1.165, 1.54) is 0 Å². The Kier molecular flexibility index (Phi) is 5.92. The molecule has 0 unspecified atom stereocenters. The first-order chi connectivity index (χ1) is 16.1. The minimum atomic E-state index is -0.0783. The summed E-state index contributed by atoms with van der Waals surface area (Å²) >= 11 is 0. The molecule has 0 aliphatic carbocycles. The van der Waals surface area contributed by atoms with Crippen LogP contribution >= 0.6 is 0 Å². The molecule has 8 nitrogen and oxygen atoms in total. The second kappa shape index (κ2) is 9.15. The molecule has 1 amide bonds. The molecule has 0 bridgehead atoms. The van der Waals surface area contributed by atoms with Crippen molar-refractivity contribution in [3.8, 4) is 5.75 Å². The Morgan fingerprint density at radius 1 is 1.18 bits per heavy atom. The molecular weight excluding hydrogens is 418 g/mol. The molecule has 33 heavy (non-hydrogen) atoms. The number of benzene rings is 1. The molecule has 1 fully saturated rings. The van der Waals surface area contributed by atoms with Gasteiger partial charge in [0.15, 0.2) is 0 Å². The predicted molar refractivity (Wildman–Crippen MR) is 123 cm³/mol. The molecule has 0 radical (unpaired) electrons. The molecular formula is C25H27N5O3. The van der Waals surface area contributed by atoms with Gasteiger partial charge >= 0.3 is 0 Å². The monoisotopic (exact) mass is 445 g/mol. The molecule has 0 saturated carbocycles. The van der Waals surface area contributed by atoms with E-state index in [0.717, 1.165) is 48.5 Å². The highest BCUT2D eigenvalue weighted by atomic mass is 16.5. The van der Waals surface area contributed by atoms with E-state index >= 15 is 0 Å². The van der Waals surface area contributed by atoms with Crippen LogP contribution in [0.25, 0.3) is 0 Å². The van der Waals surface area contributed by atoms with Gasteiger partial charge in [-0.25, -0.2) is 4.98 Å². The van der Waals surface area contributed by atoms with Crippen LogP contribution in [0.15, 0.2) is 53.5 Å². The summed E-state index contributed by atoms with van der Waals surface area (Å²) in [5.74, 6) is 1.50. The Bertz CT molecular complexity index is 1210. The molecule has 1 saturated heterocycles. The summed E-state index contributed by atoms with van der Waals surface area (Å²) in [7, 11) is 1.68. The number of para-hydroxylation sites is 1. The molecule has 4 heterocycles. The lowest BCUT2D eigenvalue weighted by molar-refractivity contribution is 0.0784. The summed E-state index contributed by atoms with van der Waals surface area (Å²) in [5, 5.41) is 0. The topological polar surface area (TPSA) is 91.4 Å². The highest BCUT2D eigenvalue weighted by Crippen LogP contribution is 2.27.